The van der Waals surface area contributed by atoms with Gasteiger partial charge in [0.25, 0.3) is 0 Å². The zero-order valence-corrected chi connectivity index (χ0v) is 10.8. The first-order valence-electron chi connectivity index (χ1n) is 2.45. The van der Waals surface area contributed by atoms with Crippen LogP contribution in [0.2, 0.25) is 0 Å². The second-order valence-corrected chi connectivity index (χ2v) is 2.95. The minimum absolute atomic E-state index is 0. The maximum Gasteiger partial charge on any atom is 1.00 e. The summed E-state index contributed by atoms with van der Waals surface area (Å²) in [7, 11) is 0. The Balaban J connectivity index is -0.0000000245. The molecule has 1 atom stereocenters. The van der Waals surface area contributed by atoms with Crippen molar-refractivity contribution in [1.82, 2.24) is 0 Å². The number of thiol groups is 1. The van der Waals surface area contributed by atoms with E-state index >= 15 is 0 Å². The molecule has 76 valence electrons. The third kappa shape index (κ3) is 30.2. The molecule has 0 heterocycles. The van der Waals surface area contributed by atoms with Gasteiger partial charge in [0.1, 0.15) is 0 Å². The van der Waals surface area contributed by atoms with E-state index in [-0.39, 0.29) is 47.4 Å². The molecule has 0 saturated heterocycles. The van der Waals surface area contributed by atoms with E-state index in [2.05, 4.69) is 12.6 Å². The molecule has 0 aromatic heterocycles. The summed E-state index contributed by atoms with van der Waals surface area (Å²) in [5, 5.41) is 0. The fraction of sp³-hybridized carbons (Fsp3) is 1.00. The first-order valence-corrected chi connectivity index (χ1v) is 4.36. The molecule has 12 heavy (non-hydrogen) atoms. The van der Waals surface area contributed by atoms with E-state index in [0.717, 1.165) is 18.6 Å². The average molecular weight is 232 g/mol. The summed E-state index contributed by atoms with van der Waals surface area (Å²) in [6, 6.07) is 0. The van der Waals surface area contributed by atoms with Crippen LogP contribution in [0.4, 0.5) is 0 Å². The molecule has 0 saturated carbocycles. The largest absolute Gasteiger partial charge is 1.00 e. The first-order chi connectivity index (χ1) is 3.77. The van der Waals surface area contributed by atoms with E-state index in [1.54, 1.807) is 0 Å². The molecule has 8 heteroatoms. The van der Waals surface area contributed by atoms with Gasteiger partial charge >= 0.3 is 29.6 Å². The van der Waals surface area contributed by atoms with Gasteiger partial charge in [-0.15, -0.1) is 0 Å². The van der Waals surface area contributed by atoms with Crippen molar-refractivity contribution in [1.29, 1.82) is 0 Å². The van der Waals surface area contributed by atoms with E-state index < -0.39 is 11.1 Å². The normalized spacial score (nSPS) is 9.17. The third-order valence-electron chi connectivity index (χ3n) is 0.727. The van der Waals surface area contributed by atoms with Crippen molar-refractivity contribution in [3.63, 3.8) is 0 Å². The molecule has 0 bridgehead atoms. The van der Waals surface area contributed by atoms with Gasteiger partial charge in [-0.05, 0) is 18.6 Å². The summed E-state index contributed by atoms with van der Waals surface area (Å²) in [5.41, 5.74) is 0. The van der Waals surface area contributed by atoms with E-state index in [1.807, 2.05) is 0 Å². The second kappa shape index (κ2) is 22.8. The van der Waals surface area contributed by atoms with Crippen LogP contribution in [0.25, 0.3) is 0 Å². The Labute approximate surface area is 104 Å². The Morgan fingerprint density at radius 3 is 1.92 bits per heavy atom. The number of hydrogen-bond donors (Lipinski definition) is 2. The van der Waals surface area contributed by atoms with Crippen molar-refractivity contribution >= 4 is 23.7 Å². The van der Waals surface area contributed by atoms with Crippen LogP contribution in [0.15, 0.2) is 0 Å². The molecule has 5 nitrogen and oxygen atoms in total. The molecule has 7 N–H and O–H groups in total. The Morgan fingerprint density at radius 2 is 1.67 bits per heavy atom. The molecule has 0 radical (unpaired) electrons. The summed E-state index contributed by atoms with van der Waals surface area (Å²) in [6.07, 6.45) is 1.72. The molecule has 0 aliphatic carbocycles. The van der Waals surface area contributed by atoms with E-state index in [9.17, 15) is 4.21 Å². The van der Waals surface area contributed by atoms with Gasteiger partial charge in [0, 0.05) is 5.75 Å². The Morgan fingerprint density at radius 1 is 1.25 bits per heavy atom. The maximum atomic E-state index is 9.96. The molecule has 0 amide bonds. The van der Waals surface area contributed by atoms with Crippen LogP contribution in [0.5, 0.6) is 0 Å². The Kier molecular flexibility index (Phi) is 55.5. The number of hydrogen-bond acceptors (Lipinski definition) is 2. The number of unbranched alkanes of at least 4 members (excludes halogenated alkanes) is 1. The minimum atomic E-state index is -1.60. The van der Waals surface area contributed by atoms with Crippen molar-refractivity contribution in [3.05, 3.63) is 0 Å². The number of rotatable bonds is 4. The van der Waals surface area contributed by atoms with E-state index in [1.165, 1.54) is 0 Å². The molecule has 0 fully saturated rings. The molecular formula is C4H17NaO5S2. The quantitative estimate of drug-likeness (QED) is 0.219. The van der Waals surface area contributed by atoms with Crippen LogP contribution in [0.1, 0.15) is 14.3 Å². The van der Waals surface area contributed by atoms with Gasteiger partial charge in [0.15, 0.2) is 11.1 Å². The van der Waals surface area contributed by atoms with Crippen molar-refractivity contribution in [2.75, 3.05) is 11.5 Å². The predicted octanol–water partition coefficient (Wildman–Crippen LogP) is -4.44. The van der Waals surface area contributed by atoms with Crippen LogP contribution < -0.4 is 29.6 Å². The van der Waals surface area contributed by atoms with E-state index in [4.69, 9.17) is 4.55 Å². The topological polar surface area (TPSA) is 132 Å². The van der Waals surface area contributed by atoms with Gasteiger partial charge in [0.05, 0.1) is 0 Å². The predicted molar refractivity (Wildman–Crippen MR) is 50.7 cm³/mol. The monoisotopic (exact) mass is 232 g/mol. The summed E-state index contributed by atoms with van der Waals surface area (Å²) in [5.74, 6) is 1.19. The Bertz CT molecular complexity index is 88.9. The van der Waals surface area contributed by atoms with Crippen LogP contribution in [-0.2, 0) is 11.1 Å². The molecule has 0 rings (SSSR count). The minimum Gasteiger partial charge on any atom is -1.00 e. The average Bonchev–Trinajstić information content (AvgIpc) is 1.66. The van der Waals surface area contributed by atoms with Gasteiger partial charge in [-0.3, -0.25) is 0 Å². The van der Waals surface area contributed by atoms with Crippen LogP contribution in [0.3, 0.4) is 0 Å². The fourth-order valence-electron chi connectivity index (χ4n) is 0.337. The molecule has 0 aromatic carbocycles. The summed E-state index contributed by atoms with van der Waals surface area (Å²) < 4.78 is 18.2. The zero-order chi connectivity index (χ0) is 6.41. The fourth-order valence-corrected chi connectivity index (χ4v) is 1.01. The molecule has 0 aliphatic rings. The van der Waals surface area contributed by atoms with Gasteiger partial charge in [-0.2, -0.15) is 12.6 Å². The molecule has 1 unspecified atom stereocenters. The van der Waals surface area contributed by atoms with Crippen LogP contribution in [-0.4, -0.2) is 36.7 Å². The Hall–Kier alpha value is 1.34. The van der Waals surface area contributed by atoms with Gasteiger partial charge in [-0.1, -0.05) is 0 Å². The summed E-state index contributed by atoms with van der Waals surface area (Å²) in [6.45, 7) is 0. The van der Waals surface area contributed by atoms with E-state index in [0.29, 0.717) is 5.75 Å². The molecule has 0 aliphatic heterocycles. The van der Waals surface area contributed by atoms with Gasteiger partial charge in [-0.25, -0.2) is 4.21 Å². The SMILES string of the molecule is O.O.O.O=S(O)CCCCS.[H-].[Na+]. The zero-order valence-electron chi connectivity index (χ0n) is 8.04. The van der Waals surface area contributed by atoms with Gasteiger partial charge in [0.2, 0.25) is 0 Å². The van der Waals surface area contributed by atoms with Crippen molar-refractivity contribution in [2.45, 2.75) is 12.8 Å². The van der Waals surface area contributed by atoms with Crippen LogP contribution in [0, 0.1) is 0 Å². The van der Waals surface area contributed by atoms with Crippen molar-refractivity contribution in [2.24, 2.45) is 0 Å². The smallest absolute Gasteiger partial charge is 1.00 e. The summed E-state index contributed by atoms with van der Waals surface area (Å²) >= 11 is 2.34. The van der Waals surface area contributed by atoms with Crippen LogP contribution >= 0.6 is 12.6 Å². The summed E-state index contributed by atoms with van der Waals surface area (Å²) in [4.78, 5) is 0. The second-order valence-electron chi connectivity index (χ2n) is 1.46. The maximum absolute atomic E-state index is 9.96. The standard InChI is InChI=1S/C4H10O2S2.Na.3H2O.H/c5-8(6)4-2-1-3-7;;;;;/h7H,1-4H2,(H,5,6);;3*1H2;/q;+1;;;;-1. The van der Waals surface area contributed by atoms with Crippen molar-refractivity contribution < 1.29 is 56.2 Å². The molecular weight excluding hydrogens is 215 g/mol. The third-order valence-corrected chi connectivity index (χ3v) is 1.68. The van der Waals surface area contributed by atoms with Gasteiger partial charge < -0.3 is 22.4 Å². The molecule has 0 spiro atoms. The van der Waals surface area contributed by atoms with Crippen molar-refractivity contribution in [3.8, 4) is 0 Å². The first kappa shape index (κ1) is 29.2. The molecule has 0 aromatic rings.